The van der Waals surface area contributed by atoms with E-state index in [1.807, 2.05) is 0 Å². The number of unbranched alkanes of at least 4 members (excludes halogenated alkanes) is 2. The molecule has 0 spiro atoms. The highest BCUT2D eigenvalue weighted by molar-refractivity contribution is 5.73. The first kappa shape index (κ1) is 14.7. The lowest BCUT2D eigenvalue weighted by molar-refractivity contribution is -0.137. The molecule has 0 aliphatic heterocycles. The van der Waals surface area contributed by atoms with Crippen LogP contribution in [-0.4, -0.2) is 30.2 Å². The maximum absolute atomic E-state index is 11.2. The van der Waals surface area contributed by atoms with E-state index in [2.05, 4.69) is 17.6 Å². The van der Waals surface area contributed by atoms with Crippen LogP contribution in [0.3, 0.4) is 0 Å². The summed E-state index contributed by atoms with van der Waals surface area (Å²) in [7, 11) is 0. The second-order valence-electron chi connectivity index (χ2n) is 4.05. The zero-order valence-corrected chi connectivity index (χ0v) is 10.1. The average Bonchev–Trinajstić information content (AvgIpc) is 2.20. The van der Waals surface area contributed by atoms with Gasteiger partial charge in [0.1, 0.15) is 0 Å². The van der Waals surface area contributed by atoms with Crippen LogP contribution in [0, 0.1) is 5.92 Å². The van der Waals surface area contributed by atoms with Gasteiger partial charge in [-0.25, -0.2) is 4.79 Å². The molecule has 0 aliphatic rings. The van der Waals surface area contributed by atoms with Gasteiger partial charge in [0.25, 0.3) is 0 Å². The van der Waals surface area contributed by atoms with Crippen LogP contribution in [0.25, 0.3) is 0 Å². The minimum absolute atomic E-state index is 0.0427. The Hall–Kier alpha value is -1.26. The van der Waals surface area contributed by atoms with Crippen LogP contribution in [0.2, 0.25) is 0 Å². The highest BCUT2D eigenvalue weighted by atomic mass is 16.4. The number of carboxylic acids is 1. The van der Waals surface area contributed by atoms with Crippen LogP contribution < -0.4 is 10.6 Å². The summed E-state index contributed by atoms with van der Waals surface area (Å²) < 4.78 is 0. The summed E-state index contributed by atoms with van der Waals surface area (Å²) in [4.78, 5) is 21.6. The summed E-state index contributed by atoms with van der Waals surface area (Å²) in [6.45, 7) is 4.97. The summed E-state index contributed by atoms with van der Waals surface area (Å²) in [5.41, 5.74) is 0. The number of aliphatic carboxylic acids is 1. The van der Waals surface area contributed by atoms with Gasteiger partial charge < -0.3 is 15.7 Å². The molecule has 0 radical (unpaired) electrons. The highest BCUT2D eigenvalue weighted by Gasteiger charge is 2.08. The van der Waals surface area contributed by atoms with Crippen molar-refractivity contribution in [2.75, 3.05) is 13.1 Å². The standard InChI is InChI=1S/C11H22N2O3/c1-3-4-5-6-12-11(16)13-8-9(2)7-10(14)15/h9H,3-8H2,1-2H3,(H,14,15)(H2,12,13,16). The maximum atomic E-state index is 11.2. The molecule has 5 heteroatoms. The van der Waals surface area contributed by atoms with Crippen molar-refractivity contribution in [3.8, 4) is 0 Å². The van der Waals surface area contributed by atoms with Gasteiger partial charge in [0.2, 0.25) is 0 Å². The minimum Gasteiger partial charge on any atom is -0.481 e. The van der Waals surface area contributed by atoms with E-state index in [-0.39, 0.29) is 18.4 Å². The summed E-state index contributed by atoms with van der Waals surface area (Å²) >= 11 is 0. The molecule has 0 aromatic carbocycles. The predicted octanol–water partition coefficient (Wildman–Crippen LogP) is 1.59. The van der Waals surface area contributed by atoms with Crippen LogP contribution in [0.5, 0.6) is 0 Å². The molecule has 0 aromatic heterocycles. The largest absolute Gasteiger partial charge is 0.481 e. The first-order valence-electron chi connectivity index (χ1n) is 5.79. The topological polar surface area (TPSA) is 78.4 Å². The van der Waals surface area contributed by atoms with Gasteiger partial charge in [-0.1, -0.05) is 26.7 Å². The van der Waals surface area contributed by atoms with Crippen molar-refractivity contribution in [1.82, 2.24) is 10.6 Å². The summed E-state index contributed by atoms with van der Waals surface area (Å²) in [6, 6.07) is -0.214. The molecule has 0 saturated heterocycles. The number of hydrogen-bond donors (Lipinski definition) is 3. The van der Waals surface area contributed by atoms with Crippen LogP contribution >= 0.6 is 0 Å². The lowest BCUT2D eigenvalue weighted by Gasteiger charge is -2.11. The molecule has 0 heterocycles. The number of nitrogens with one attached hydrogen (secondary N) is 2. The molecule has 0 aromatic rings. The van der Waals surface area contributed by atoms with E-state index in [1.54, 1.807) is 6.92 Å². The van der Waals surface area contributed by atoms with E-state index >= 15 is 0 Å². The molecule has 0 bridgehead atoms. The predicted molar refractivity (Wildman–Crippen MR) is 62.3 cm³/mol. The van der Waals surface area contributed by atoms with Crippen molar-refractivity contribution in [3.63, 3.8) is 0 Å². The third kappa shape index (κ3) is 9.30. The molecule has 0 fully saturated rings. The molecule has 1 atom stereocenters. The quantitative estimate of drug-likeness (QED) is 0.554. The first-order chi connectivity index (χ1) is 7.56. The molecule has 16 heavy (non-hydrogen) atoms. The van der Waals surface area contributed by atoms with Gasteiger partial charge in [-0.15, -0.1) is 0 Å². The van der Waals surface area contributed by atoms with E-state index in [1.165, 1.54) is 0 Å². The van der Waals surface area contributed by atoms with Crippen molar-refractivity contribution < 1.29 is 14.7 Å². The SMILES string of the molecule is CCCCCNC(=O)NCC(C)CC(=O)O. The molecule has 94 valence electrons. The monoisotopic (exact) mass is 230 g/mol. The molecule has 0 rings (SSSR count). The molecule has 2 amide bonds. The Morgan fingerprint density at radius 2 is 1.94 bits per heavy atom. The number of hydrogen-bond acceptors (Lipinski definition) is 2. The molecule has 5 nitrogen and oxygen atoms in total. The van der Waals surface area contributed by atoms with E-state index in [0.717, 1.165) is 19.3 Å². The summed E-state index contributed by atoms with van der Waals surface area (Å²) in [5.74, 6) is -0.878. The van der Waals surface area contributed by atoms with E-state index in [4.69, 9.17) is 5.11 Å². The maximum Gasteiger partial charge on any atom is 0.314 e. The fourth-order valence-corrected chi connectivity index (χ4v) is 1.28. The zero-order chi connectivity index (χ0) is 12.4. The lowest BCUT2D eigenvalue weighted by Crippen LogP contribution is -2.38. The van der Waals surface area contributed by atoms with E-state index in [9.17, 15) is 9.59 Å². The van der Waals surface area contributed by atoms with Crippen LogP contribution in [0.15, 0.2) is 0 Å². The number of carbonyl (C=O) groups is 2. The normalized spacial score (nSPS) is 11.9. The molecule has 0 aliphatic carbocycles. The molecule has 3 N–H and O–H groups in total. The number of urea groups is 1. The second-order valence-corrected chi connectivity index (χ2v) is 4.05. The number of carbonyl (C=O) groups excluding carboxylic acids is 1. The smallest absolute Gasteiger partial charge is 0.314 e. The third-order valence-corrected chi connectivity index (χ3v) is 2.20. The molecule has 0 saturated carbocycles. The van der Waals surface area contributed by atoms with Crippen LogP contribution in [0.1, 0.15) is 39.5 Å². The first-order valence-corrected chi connectivity index (χ1v) is 5.79. The number of carboxylic acid groups (broad SMARTS) is 1. The van der Waals surface area contributed by atoms with Gasteiger partial charge in [-0.2, -0.15) is 0 Å². The highest BCUT2D eigenvalue weighted by Crippen LogP contribution is 1.98. The van der Waals surface area contributed by atoms with Gasteiger partial charge in [0.15, 0.2) is 0 Å². The van der Waals surface area contributed by atoms with Crippen LogP contribution in [0.4, 0.5) is 4.79 Å². The van der Waals surface area contributed by atoms with Gasteiger partial charge >= 0.3 is 12.0 Å². The van der Waals surface area contributed by atoms with Crippen molar-refractivity contribution >= 4 is 12.0 Å². The Bertz CT molecular complexity index is 219. The fourth-order valence-electron chi connectivity index (χ4n) is 1.28. The average molecular weight is 230 g/mol. The van der Waals surface area contributed by atoms with Crippen molar-refractivity contribution in [3.05, 3.63) is 0 Å². The van der Waals surface area contributed by atoms with E-state index < -0.39 is 5.97 Å². The Labute approximate surface area is 96.6 Å². The molecular weight excluding hydrogens is 208 g/mol. The van der Waals surface area contributed by atoms with E-state index in [0.29, 0.717) is 13.1 Å². The van der Waals surface area contributed by atoms with Gasteiger partial charge in [-0.05, 0) is 12.3 Å². The molecule has 1 unspecified atom stereocenters. The van der Waals surface area contributed by atoms with Crippen molar-refractivity contribution in [2.45, 2.75) is 39.5 Å². The Morgan fingerprint density at radius 1 is 1.25 bits per heavy atom. The Morgan fingerprint density at radius 3 is 2.50 bits per heavy atom. The van der Waals surface area contributed by atoms with Gasteiger partial charge in [0.05, 0.1) is 0 Å². The Kier molecular flexibility index (Phi) is 8.29. The fraction of sp³-hybridized carbons (Fsp3) is 0.818. The second kappa shape index (κ2) is 9.00. The van der Waals surface area contributed by atoms with Gasteiger partial charge in [-0.3, -0.25) is 4.79 Å². The van der Waals surface area contributed by atoms with Gasteiger partial charge in [0, 0.05) is 19.5 Å². The Balaban J connectivity index is 3.45. The third-order valence-electron chi connectivity index (χ3n) is 2.20. The molecular formula is C11H22N2O3. The van der Waals surface area contributed by atoms with Crippen LogP contribution in [-0.2, 0) is 4.79 Å². The minimum atomic E-state index is -0.836. The number of amides is 2. The summed E-state index contributed by atoms with van der Waals surface area (Å²) in [5, 5.41) is 13.9. The van der Waals surface area contributed by atoms with Crippen molar-refractivity contribution in [2.24, 2.45) is 5.92 Å². The summed E-state index contributed by atoms with van der Waals surface area (Å²) in [6.07, 6.45) is 3.29. The zero-order valence-electron chi connectivity index (χ0n) is 10.1. The number of rotatable bonds is 8. The lowest BCUT2D eigenvalue weighted by atomic mass is 10.1. The van der Waals surface area contributed by atoms with Crippen molar-refractivity contribution in [1.29, 1.82) is 0 Å².